The third-order valence-corrected chi connectivity index (χ3v) is 3.09. The molecule has 3 rings (SSSR count). The van der Waals surface area contributed by atoms with Crippen molar-refractivity contribution in [2.45, 2.75) is 20.1 Å². The molecule has 0 bridgehead atoms. The molecule has 2 heterocycles. The first-order valence-electron chi connectivity index (χ1n) is 6.82. The van der Waals surface area contributed by atoms with Crippen LogP contribution < -0.4 is 4.74 Å². The van der Waals surface area contributed by atoms with E-state index < -0.39 is 0 Å². The van der Waals surface area contributed by atoms with Crippen LogP contribution in [0.5, 0.6) is 5.75 Å². The van der Waals surface area contributed by atoms with Gasteiger partial charge in [0.2, 0.25) is 5.89 Å². The zero-order valence-corrected chi connectivity index (χ0v) is 12.1. The number of rotatable bonds is 5. The van der Waals surface area contributed by atoms with Crippen molar-refractivity contribution in [2.24, 2.45) is 0 Å². The second-order valence-electron chi connectivity index (χ2n) is 4.80. The molecule has 112 valence electrons. The number of aryl methyl sites for hydroxylation is 1. The summed E-state index contributed by atoms with van der Waals surface area (Å²) >= 11 is 0. The lowest BCUT2D eigenvalue weighted by Gasteiger charge is -2.03. The first kappa shape index (κ1) is 14.2. The van der Waals surface area contributed by atoms with E-state index in [0.29, 0.717) is 23.2 Å². The Kier molecular flexibility index (Phi) is 4.11. The zero-order valence-electron chi connectivity index (χ0n) is 12.1. The van der Waals surface area contributed by atoms with Crippen molar-refractivity contribution in [3.63, 3.8) is 0 Å². The van der Waals surface area contributed by atoms with Gasteiger partial charge in [-0.25, -0.2) is 0 Å². The van der Waals surface area contributed by atoms with Gasteiger partial charge in [-0.3, -0.25) is 4.98 Å². The second-order valence-corrected chi connectivity index (χ2v) is 4.80. The van der Waals surface area contributed by atoms with E-state index in [0.717, 1.165) is 5.56 Å². The largest absolute Gasteiger partial charge is 0.482 e. The maximum atomic E-state index is 8.93. The monoisotopic (exact) mass is 297 g/mol. The maximum Gasteiger partial charge on any atom is 0.254 e. The molecule has 6 nitrogen and oxygen atoms in total. The molecule has 0 aliphatic rings. The minimum atomic E-state index is -0.0934. The number of aromatic nitrogens is 3. The summed E-state index contributed by atoms with van der Waals surface area (Å²) in [5.41, 5.74) is 2.63. The van der Waals surface area contributed by atoms with Gasteiger partial charge >= 0.3 is 0 Å². The highest BCUT2D eigenvalue weighted by atomic mass is 16.5. The molecule has 0 amide bonds. The van der Waals surface area contributed by atoms with Gasteiger partial charge in [0.25, 0.3) is 5.89 Å². The van der Waals surface area contributed by atoms with E-state index in [9.17, 15) is 0 Å². The van der Waals surface area contributed by atoms with Gasteiger partial charge in [0.05, 0.1) is 18.5 Å². The summed E-state index contributed by atoms with van der Waals surface area (Å²) < 4.78 is 11.1. The molecule has 2 aromatic heterocycles. The third kappa shape index (κ3) is 3.29. The van der Waals surface area contributed by atoms with E-state index in [4.69, 9.17) is 14.3 Å². The molecule has 0 aliphatic heterocycles. The molecule has 1 N–H and O–H groups in total. The Morgan fingerprint density at radius 3 is 2.59 bits per heavy atom. The summed E-state index contributed by atoms with van der Waals surface area (Å²) in [6.07, 6.45) is 1.54. The third-order valence-electron chi connectivity index (χ3n) is 3.09. The second kappa shape index (κ2) is 6.36. The predicted molar refractivity (Wildman–Crippen MR) is 79.0 cm³/mol. The Bertz CT molecular complexity index is 736. The number of benzene rings is 1. The molecule has 22 heavy (non-hydrogen) atoms. The topological polar surface area (TPSA) is 81.3 Å². The molecular weight excluding hydrogens is 282 g/mol. The first-order valence-corrected chi connectivity index (χ1v) is 6.82. The molecule has 0 saturated carbocycles. The average molecular weight is 297 g/mol. The van der Waals surface area contributed by atoms with Crippen LogP contribution in [0.25, 0.3) is 11.5 Å². The van der Waals surface area contributed by atoms with Crippen LogP contribution in [0.4, 0.5) is 0 Å². The van der Waals surface area contributed by atoms with Crippen molar-refractivity contribution >= 4 is 0 Å². The van der Waals surface area contributed by atoms with Crippen molar-refractivity contribution < 1.29 is 14.3 Å². The number of pyridine rings is 1. The van der Waals surface area contributed by atoms with Crippen molar-refractivity contribution in [3.8, 4) is 17.2 Å². The summed E-state index contributed by atoms with van der Waals surface area (Å²) in [5.74, 6) is 1.43. The smallest absolute Gasteiger partial charge is 0.254 e. The van der Waals surface area contributed by atoms with Gasteiger partial charge in [0.15, 0.2) is 6.61 Å². The van der Waals surface area contributed by atoms with Gasteiger partial charge in [-0.2, -0.15) is 0 Å². The number of aliphatic hydroxyl groups excluding tert-OH is 1. The van der Waals surface area contributed by atoms with Crippen LogP contribution in [0, 0.1) is 6.92 Å². The Hall–Kier alpha value is -2.73. The van der Waals surface area contributed by atoms with E-state index in [-0.39, 0.29) is 13.2 Å². The van der Waals surface area contributed by atoms with E-state index in [1.54, 1.807) is 18.3 Å². The van der Waals surface area contributed by atoms with Gasteiger partial charge in [-0.05, 0) is 31.2 Å². The highest BCUT2D eigenvalue weighted by Crippen LogP contribution is 2.19. The Morgan fingerprint density at radius 2 is 1.91 bits per heavy atom. The van der Waals surface area contributed by atoms with E-state index in [2.05, 4.69) is 15.2 Å². The van der Waals surface area contributed by atoms with Gasteiger partial charge in [0.1, 0.15) is 5.75 Å². The lowest BCUT2D eigenvalue weighted by atomic mass is 10.1. The number of aliphatic hydroxyl groups is 1. The van der Waals surface area contributed by atoms with Crippen LogP contribution in [0.2, 0.25) is 0 Å². The van der Waals surface area contributed by atoms with E-state index in [1.807, 2.05) is 31.2 Å². The summed E-state index contributed by atoms with van der Waals surface area (Å²) in [6, 6.07) is 11.3. The van der Waals surface area contributed by atoms with Gasteiger partial charge in [0, 0.05) is 5.56 Å². The fraction of sp³-hybridized carbons (Fsp3) is 0.188. The molecule has 6 heteroatoms. The highest BCUT2D eigenvalue weighted by molar-refractivity contribution is 5.52. The quantitative estimate of drug-likeness (QED) is 0.779. The Labute approximate surface area is 127 Å². The van der Waals surface area contributed by atoms with Crippen molar-refractivity contribution in [1.29, 1.82) is 0 Å². The SMILES string of the molecule is Cc1ccc(-c2nnc(COc3ccc(CO)nc3)o2)cc1. The molecule has 0 fully saturated rings. The van der Waals surface area contributed by atoms with Crippen LogP contribution in [0.3, 0.4) is 0 Å². The number of hydrogen-bond donors (Lipinski definition) is 1. The van der Waals surface area contributed by atoms with Crippen LogP contribution in [-0.4, -0.2) is 20.3 Å². The molecule has 0 aliphatic carbocycles. The minimum absolute atomic E-state index is 0.0934. The molecule has 0 radical (unpaired) electrons. The lowest BCUT2D eigenvalue weighted by molar-refractivity contribution is 0.260. The van der Waals surface area contributed by atoms with Gasteiger partial charge < -0.3 is 14.3 Å². The molecule has 1 aromatic carbocycles. The average Bonchev–Trinajstić information content (AvgIpc) is 3.03. The first-order chi connectivity index (χ1) is 10.7. The zero-order chi connectivity index (χ0) is 15.4. The van der Waals surface area contributed by atoms with E-state index >= 15 is 0 Å². The molecule has 3 aromatic rings. The lowest BCUT2D eigenvalue weighted by Crippen LogP contribution is -1.97. The fourth-order valence-electron chi connectivity index (χ4n) is 1.86. The summed E-state index contributed by atoms with van der Waals surface area (Å²) in [7, 11) is 0. The number of hydrogen-bond acceptors (Lipinski definition) is 6. The van der Waals surface area contributed by atoms with Gasteiger partial charge in [-0.15, -0.1) is 10.2 Å². The van der Waals surface area contributed by atoms with Crippen molar-refractivity contribution in [3.05, 3.63) is 59.7 Å². The number of nitrogens with zero attached hydrogens (tertiary/aromatic N) is 3. The normalized spacial score (nSPS) is 10.6. The van der Waals surface area contributed by atoms with Crippen molar-refractivity contribution in [2.75, 3.05) is 0 Å². The maximum absolute atomic E-state index is 8.93. The highest BCUT2D eigenvalue weighted by Gasteiger charge is 2.09. The van der Waals surface area contributed by atoms with Crippen LogP contribution in [-0.2, 0) is 13.2 Å². The summed E-state index contributed by atoms with van der Waals surface area (Å²) in [5, 5.41) is 16.9. The molecule has 0 spiro atoms. The summed E-state index contributed by atoms with van der Waals surface area (Å²) in [6.45, 7) is 2.09. The fourth-order valence-corrected chi connectivity index (χ4v) is 1.86. The number of ether oxygens (including phenoxy) is 1. The van der Waals surface area contributed by atoms with Crippen molar-refractivity contribution in [1.82, 2.24) is 15.2 Å². The molecule has 0 unspecified atom stereocenters. The molecule has 0 atom stereocenters. The van der Waals surface area contributed by atoms with Crippen LogP contribution in [0.15, 0.2) is 47.0 Å². The Balaban J connectivity index is 1.65. The van der Waals surface area contributed by atoms with Gasteiger partial charge in [-0.1, -0.05) is 17.7 Å². The molecular formula is C16H15N3O3. The summed E-state index contributed by atoms with van der Waals surface area (Å²) in [4.78, 5) is 4.03. The standard InChI is InChI=1S/C16H15N3O3/c1-11-2-4-12(5-3-11)16-19-18-15(22-16)10-21-14-7-6-13(9-20)17-8-14/h2-8,20H,9-10H2,1H3. The molecule has 0 saturated heterocycles. The predicted octanol–water partition coefficient (Wildman–Crippen LogP) is 2.51. The Morgan fingerprint density at radius 1 is 1.09 bits per heavy atom. The van der Waals surface area contributed by atoms with E-state index in [1.165, 1.54) is 5.56 Å². The minimum Gasteiger partial charge on any atom is -0.482 e. The van der Waals surface area contributed by atoms with Crippen LogP contribution in [0.1, 0.15) is 17.1 Å². The van der Waals surface area contributed by atoms with Crippen LogP contribution >= 0.6 is 0 Å².